The van der Waals surface area contributed by atoms with Gasteiger partial charge >= 0.3 is 0 Å². The van der Waals surface area contributed by atoms with Crippen molar-refractivity contribution in [1.29, 1.82) is 0 Å². The number of unbranched alkanes of at least 4 members (excludes halogenated alkanes) is 1. The van der Waals surface area contributed by atoms with Crippen LogP contribution in [0.5, 0.6) is 0 Å². The van der Waals surface area contributed by atoms with Crippen LogP contribution in [0.4, 0.5) is 0 Å². The maximum atomic E-state index is 9.55. The molecule has 0 heterocycles. The minimum Gasteiger partial charge on any atom is -0.393 e. The third-order valence-electron chi connectivity index (χ3n) is 2.98. The lowest BCUT2D eigenvalue weighted by Gasteiger charge is -2.30. The molecule has 0 spiro atoms. The predicted molar refractivity (Wildman–Crippen MR) is 52.0 cm³/mol. The van der Waals surface area contributed by atoms with E-state index in [0.717, 1.165) is 24.7 Å². The summed E-state index contributed by atoms with van der Waals surface area (Å²) in [5, 5.41) is 9.55. The van der Waals surface area contributed by atoms with E-state index in [-0.39, 0.29) is 6.10 Å². The standard InChI is InChI=1S/C11H22O/c1-3-4-5-10-6-9(2)7-11(12)8-10/h9-12H,3-8H2,1-2H3. The minimum absolute atomic E-state index is 0.00407. The summed E-state index contributed by atoms with van der Waals surface area (Å²) < 4.78 is 0. The van der Waals surface area contributed by atoms with Gasteiger partial charge in [-0.3, -0.25) is 0 Å². The quantitative estimate of drug-likeness (QED) is 0.690. The molecule has 12 heavy (non-hydrogen) atoms. The SMILES string of the molecule is CCCCC1CC(C)CC(O)C1. The van der Waals surface area contributed by atoms with Gasteiger partial charge in [0.2, 0.25) is 0 Å². The lowest BCUT2D eigenvalue weighted by Crippen LogP contribution is -2.24. The van der Waals surface area contributed by atoms with E-state index >= 15 is 0 Å². The van der Waals surface area contributed by atoms with Crippen LogP contribution in [0.1, 0.15) is 52.4 Å². The summed E-state index contributed by atoms with van der Waals surface area (Å²) in [4.78, 5) is 0. The molecule has 1 fully saturated rings. The van der Waals surface area contributed by atoms with Gasteiger partial charge in [0.1, 0.15) is 0 Å². The van der Waals surface area contributed by atoms with Crippen molar-refractivity contribution in [3.8, 4) is 0 Å². The third kappa shape index (κ3) is 3.14. The average Bonchev–Trinajstić information content (AvgIpc) is 1.99. The molecule has 3 atom stereocenters. The van der Waals surface area contributed by atoms with Crippen LogP contribution in [0.3, 0.4) is 0 Å². The van der Waals surface area contributed by atoms with Crippen molar-refractivity contribution in [2.75, 3.05) is 0 Å². The lowest BCUT2D eigenvalue weighted by atomic mass is 9.78. The number of aliphatic hydroxyl groups excluding tert-OH is 1. The van der Waals surface area contributed by atoms with E-state index in [9.17, 15) is 5.11 Å². The van der Waals surface area contributed by atoms with E-state index in [1.165, 1.54) is 25.7 Å². The zero-order chi connectivity index (χ0) is 8.97. The summed E-state index contributed by atoms with van der Waals surface area (Å²) in [5.74, 6) is 1.55. The van der Waals surface area contributed by atoms with Gasteiger partial charge in [-0.15, -0.1) is 0 Å². The molecule has 0 aromatic heterocycles. The highest BCUT2D eigenvalue weighted by atomic mass is 16.3. The Morgan fingerprint density at radius 2 is 2.00 bits per heavy atom. The number of aliphatic hydroxyl groups is 1. The van der Waals surface area contributed by atoms with Gasteiger partial charge in [0.15, 0.2) is 0 Å². The molecular weight excluding hydrogens is 148 g/mol. The van der Waals surface area contributed by atoms with Crippen molar-refractivity contribution in [2.45, 2.75) is 58.5 Å². The number of rotatable bonds is 3. The molecule has 1 aliphatic carbocycles. The summed E-state index contributed by atoms with van der Waals surface area (Å²) in [7, 11) is 0. The molecule has 1 aliphatic rings. The molecule has 1 heteroatoms. The number of hydrogen-bond donors (Lipinski definition) is 1. The van der Waals surface area contributed by atoms with Gasteiger partial charge in [-0.05, 0) is 31.1 Å². The Balaban J connectivity index is 2.24. The first kappa shape index (κ1) is 10.0. The minimum atomic E-state index is -0.00407. The van der Waals surface area contributed by atoms with Crippen LogP contribution in [0, 0.1) is 11.8 Å². The molecule has 3 unspecified atom stereocenters. The summed E-state index contributed by atoms with van der Waals surface area (Å²) in [6.07, 6.45) is 7.39. The Kier molecular flexibility index (Phi) is 4.07. The first-order valence-corrected chi connectivity index (χ1v) is 5.40. The molecule has 72 valence electrons. The molecule has 0 amide bonds. The molecule has 0 aliphatic heterocycles. The van der Waals surface area contributed by atoms with Crippen LogP contribution >= 0.6 is 0 Å². The highest BCUT2D eigenvalue weighted by molar-refractivity contribution is 4.76. The van der Waals surface area contributed by atoms with Crippen molar-refractivity contribution in [2.24, 2.45) is 11.8 Å². The van der Waals surface area contributed by atoms with Gasteiger partial charge in [-0.1, -0.05) is 33.1 Å². The molecule has 0 radical (unpaired) electrons. The first-order valence-electron chi connectivity index (χ1n) is 5.40. The number of hydrogen-bond acceptors (Lipinski definition) is 1. The molecule has 0 aromatic rings. The largest absolute Gasteiger partial charge is 0.393 e. The topological polar surface area (TPSA) is 20.2 Å². The Morgan fingerprint density at radius 3 is 2.58 bits per heavy atom. The van der Waals surface area contributed by atoms with Crippen molar-refractivity contribution >= 4 is 0 Å². The second-order valence-electron chi connectivity index (χ2n) is 4.47. The van der Waals surface area contributed by atoms with E-state index in [0.29, 0.717) is 0 Å². The van der Waals surface area contributed by atoms with Crippen molar-refractivity contribution in [3.05, 3.63) is 0 Å². The Morgan fingerprint density at radius 1 is 1.25 bits per heavy atom. The molecule has 1 nitrogen and oxygen atoms in total. The first-order chi connectivity index (χ1) is 5.72. The fourth-order valence-electron chi connectivity index (χ4n) is 2.44. The van der Waals surface area contributed by atoms with E-state index in [1.54, 1.807) is 0 Å². The summed E-state index contributed by atoms with van der Waals surface area (Å²) in [5.41, 5.74) is 0. The average molecular weight is 170 g/mol. The molecule has 0 aromatic carbocycles. The van der Waals surface area contributed by atoms with E-state index in [2.05, 4.69) is 13.8 Å². The molecular formula is C11H22O. The van der Waals surface area contributed by atoms with Crippen molar-refractivity contribution < 1.29 is 5.11 Å². The summed E-state index contributed by atoms with van der Waals surface area (Å²) in [6.45, 7) is 4.50. The Bertz CT molecular complexity index is 112. The van der Waals surface area contributed by atoms with Crippen LogP contribution in [0.25, 0.3) is 0 Å². The van der Waals surface area contributed by atoms with Crippen LogP contribution in [-0.2, 0) is 0 Å². The van der Waals surface area contributed by atoms with Gasteiger partial charge in [-0.25, -0.2) is 0 Å². The van der Waals surface area contributed by atoms with Crippen LogP contribution in [0.15, 0.2) is 0 Å². The molecule has 1 saturated carbocycles. The van der Waals surface area contributed by atoms with Crippen LogP contribution < -0.4 is 0 Å². The normalized spacial score (nSPS) is 36.8. The monoisotopic (exact) mass is 170 g/mol. The van der Waals surface area contributed by atoms with E-state index < -0.39 is 0 Å². The molecule has 0 bridgehead atoms. The van der Waals surface area contributed by atoms with Gasteiger partial charge in [0, 0.05) is 0 Å². The molecule has 0 saturated heterocycles. The second-order valence-corrected chi connectivity index (χ2v) is 4.47. The summed E-state index contributed by atoms with van der Waals surface area (Å²) >= 11 is 0. The van der Waals surface area contributed by atoms with Gasteiger partial charge in [-0.2, -0.15) is 0 Å². The molecule has 1 rings (SSSR count). The van der Waals surface area contributed by atoms with Crippen LogP contribution in [-0.4, -0.2) is 11.2 Å². The van der Waals surface area contributed by atoms with Crippen LogP contribution in [0.2, 0.25) is 0 Å². The molecule has 1 N–H and O–H groups in total. The third-order valence-corrected chi connectivity index (χ3v) is 2.98. The van der Waals surface area contributed by atoms with Crippen molar-refractivity contribution in [1.82, 2.24) is 0 Å². The smallest absolute Gasteiger partial charge is 0.0545 e. The highest BCUT2D eigenvalue weighted by Gasteiger charge is 2.24. The Labute approximate surface area is 76.2 Å². The summed E-state index contributed by atoms with van der Waals surface area (Å²) in [6, 6.07) is 0. The Hall–Kier alpha value is -0.0400. The van der Waals surface area contributed by atoms with E-state index in [1.807, 2.05) is 0 Å². The maximum Gasteiger partial charge on any atom is 0.0545 e. The lowest BCUT2D eigenvalue weighted by molar-refractivity contribution is 0.0716. The van der Waals surface area contributed by atoms with Gasteiger partial charge < -0.3 is 5.11 Å². The highest BCUT2D eigenvalue weighted by Crippen LogP contribution is 2.31. The van der Waals surface area contributed by atoms with Crippen molar-refractivity contribution in [3.63, 3.8) is 0 Å². The second kappa shape index (κ2) is 4.86. The zero-order valence-electron chi connectivity index (χ0n) is 8.42. The van der Waals surface area contributed by atoms with Gasteiger partial charge in [0.25, 0.3) is 0 Å². The van der Waals surface area contributed by atoms with E-state index in [4.69, 9.17) is 0 Å². The van der Waals surface area contributed by atoms with Gasteiger partial charge in [0.05, 0.1) is 6.10 Å². The fraction of sp³-hybridized carbons (Fsp3) is 1.00. The predicted octanol–water partition coefficient (Wildman–Crippen LogP) is 2.97. The fourth-order valence-corrected chi connectivity index (χ4v) is 2.44. The maximum absolute atomic E-state index is 9.55. The zero-order valence-corrected chi connectivity index (χ0v) is 8.42.